The van der Waals surface area contributed by atoms with Crippen LogP contribution in [0.1, 0.15) is 51.9 Å². The summed E-state index contributed by atoms with van der Waals surface area (Å²) in [6.07, 6.45) is 8.81. The Labute approximate surface area is 105 Å². The minimum absolute atomic E-state index is 0.0814. The van der Waals surface area contributed by atoms with Crippen LogP contribution < -0.4 is 5.73 Å². The fourth-order valence-corrected chi connectivity index (χ4v) is 3.13. The van der Waals surface area contributed by atoms with Crippen LogP contribution >= 0.6 is 0 Å². The Bertz CT molecular complexity index is 218. The van der Waals surface area contributed by atoms with E-state index < -0.39 is 0 Å². The maximum atomic E-state index is 6.36. The molecule has 17 heavy (non-hydrogen) atoms. The summed E-state index contributed by atoms with van der Waals surface area (Å²) in [6, 6.07) is 0. The Morgan fingerprint density at radius 2 is 1.82 bits per heavy atom. The highest BCUT2D eigenvalue weighted by Gasteiger charge is 2.35. The average molecular weight is 241 g/mol. The second-order valence-corrected chi connectivity index (χ2v) is 5.67. The third-order valence-electron chi connectivity index (χ3n) is 4.56. The van der Waals surface area contributed by atoms with Gasteiger partial charge in [-0.3, -0.25) is 0 Å². The van der Waals surface area contributed by atoms with Gasteiger partial charge in [0.15, 0.2) is 0 Å². The highest BCUT2D eigenvalue weighted by molar-refractivity contribution is 4.87. The average Bonchev–Trinajstić information content (AvgIpc) is 2.41. The van der Waals surface area contributed by atoms with Crippen LogP contribution in [0.2, 0.25) is 0 Å². The van der Waals surface area contributed by atoms with E-state index in [1.54, 1.807) is 0 Å². The summed E-state index contributed by atoms with van der Waals surface area (Å²) in [6.45, 7) is 4.55. The predicted octanol–water partition coefficient (Wildman–Crippen LogP) is 2.48. The quantitative estimate of drug-likeness (QED) is 0.822. The van der Waals surface area contributed by atoms with Gasteiger partial charge in [0.05, 0.1) is 11.7 Å². The Balaban J connectivity index is 1.82. The lowest BCUT2D eigenvalue weighted by Crippen LogP contribution is -2.48. The molecule has 0 aromatic carbocycles. The molecular formula is C14H27NO2. The molecule has 1 saturated heterocycles. The first-order valence-corrected chi connectivity index (χ1v) is 7.23. The summed E-state index contributed by atoms with van der Waals surface area (Å²) in [5, 5.41) is 0. The van der Waals surface area contributed by atoms with E-state index in [4.69, 9.17) is 15.2 Å². The number of rotatable bonds is 4. The van der Waals surface area contributed by atoms with Crippen LogP contribution in [-0.2, 0) is 9.47 Å². The summed E-state index contributed by atoms with van der Waals surface area (Å²) in [4.78, 5) is 0. The van der Waals surface area contributed by atoms with Gasteiger partial charge in [0.25, 0.3) is 0 Å². The van der Waals surface area contributed by atoms with Crippen molar-refractivity contribution in [3.05, 3.63) is 0 Å². The van der Waals surface area contributed by atoms with Gasteiger partial charge >= 0.3 is 0 Å². The van der Waals surface area contributed by atoms with Crippen molar-refractivity contribution in [3.63, 3.8) is 0 Å². The van der Waals surface area contributed by atoms with Crippen LogP contribution in [-0.4, -0.2) is 31.5 Å². The number of hydrogen-bond donors (Lipinski definition) is 1. The molecule has 3 nitrogen and oxygen atoms in total. The number of ether oxygens (including phenoxy) is 2. The normalized spacial score (nSPS) is 33.5. The zero-order chi connectivity index (χ0) is 12.1. The lowest BCUT2D eigenvalue weighted by atomic mass is 9.85. The molecule has 0 aromatic heterocycles. The molecule has 0 spiro atoms. The molecule has 0 unspecified atom stereocenters. The molecule has 1 aliphatic carbocycles. The standard InChI is InChI=1S/C14H27NO2/c1-2-12-3-5-13(6-4-12)17-14(11-15)7-9-16-10-8-14/h12-13H,2-11,15H2,1H3. The molecule has 2 rings (SSSR count). The van der Waals surface area contributed by atoms with Gasteiger partial charge in [0, 0.05) is 32.6 Å². The van der Waals surface area contributed by atoms with Crippen molar-refractivity contribution in [2.24, 2.45) is 11.7 Å². The minimum Gasteiger partial charge on any atom is -0.381 e. The molecule has 100 valence electrons. The molecule has 1 heterocycles. The fraction of sp³-hybridized carbons (Fsp3) is 1.00. The number of hydrogen-bond acceptors (Lipinski definition) is 3. The number of nitrogens with two attached hydrogens (primary N) is 1. The summed E-state index contributed by atoms with van der Waals surface area (Å²) in [7, 11) is 0. The molecule has 0 atom stereocenters. The highest BCUT2D eigenvalue weighted by Crippen LogP contribution is 2.33. The molecule has 1 aliphatic heterocycles. The molecule has 2 fully saturated rings. The summed E-state index contributed by atoms with van der Waals surface area (Å²) in [5.41, 5.74) is 5.85. The van der Waals surface area contributed by atoms with Gasteiger partial charge in [-0.2, -0.15) is 0 Å². The van der Waals surface area contributed by atoms with Gasteiger partial charge < -0.3 is 15.2 Å². The van der Waals surface area contributed by atoms with Crippen LogP contribution in [0.5, 0.6) is 0 Å². The van der Waals surface area contributed by atoms with Crippen molar-refractivity contribution in [1.82, 2.24) is 0 Å². The monoisotopic (exact) mass is 241 g/mol. The summed E-state index contributed by atoms with van der Waals surface area (Å²) < 4.78 is 11.8. The van der Waals surface area contributed by atoms with Crippen LogP contribution in [0.25, 0.3) is 0 Å². The third-order valence-corrected chi connectivity index (χ3v) is 4.56. The van der Waals surface area contributed by atoms with Crippen molar-refractivity contribution >= 4 is 0 Å². The Morgan fingerprint density at radius 1 is 1.18 bits per heavy atom. The van der Waals surface area contributed by atoms with Gasteiger partial charge in [0.2, 0.25) is 0 Å². The van der Waals surface area contributed by atoms with E-state index in [1.807, 2.05) is 0 Å². The van der Waals surface area contributed by atoms with Gasteiger partial charge in [-0.25, -0.2) is 0 Å². The van der Waals surface area contributed by atoms with E-state index in [1.165, 1.54) is 32.1 Å². The molecule has 2 aliphatic rings. The van der Waals surface area contributed by atoms with Crippen molar-refractivity contribution in [3.8, 4) is 0 Å². The van der Waals surface area contributed by atoms with E-state index >= 15 is 0 Å². The smallest absolute Gasteiger partial charge is 0.0851 e. The lowest BCUT2D eigenvalue weighted by molar-refractivity contribution is -0.147. The molecule has 0 bridgehead atoms. The maximum Gasteiger partial charge on any atom is 0.0851 e. The molecule has 0 amide bonds. The van der Waals surface area contributed by atoms with Crippen molar-refractivity contribution in [1.29, 1.82) is 0 Å². The van der Waals surface area contributed by atoms with Crippen LogP contribution in [0.15, 0.2) is 0 Å². The molecular weight excluding hydrogens is 214 g/mol. The SMILES string of the molecule is CCC1CCC(OC2(CN)CCOCC2)CC1. The van der Waals surface area contributed by atoms with E-state index in [0.29, 0.717) is 12.6 Å². The predicted molar refractivity (Wildman–Crippen MR) is 69.0 cm³/mol. The first-order chi connectivity index (χ1) is 8.28. The van der Waals surface area contributed by atoms with Crippen LogP contribution in [0.3, 0.4) is 0 Å². The van der Waals surface area contributed by atoms with Crippen LogP contribution in [0, 0.1) is 5.92 Å². The van der Waals surface area contributed by atoms with E-state index in [9.17, 15) is 0 Å². The Kier molecular flexibility index (Phi) is 4.83. The topological polar surface area (TPSA) is 44.5 Å². The van der Waals surface area contributed by atoms with Crippen molar-refractivity contribution in [2.45, 2.75) is 63.6 Å². The van der Waals surface area contributed by atoms with Gasteiger partial charge in [-0.1, -0.05) is 13.3 Å². The maximum absolute atomic E-state index is 6.36. The van der Waals surface area contributed by atoms with Crippen molar-refractivity contribution < 1.29 is 9.47 Å². The molecule has 0 aromatic rings. The fourth-order valence-electron chi connectivity index (χ4n) is 3.13. The van der Waals surface area contributed by atoms with Crippen molar-refractivity contribution in [2.75, 3.05) is 19.8 Å². The van der Waals surface area contributed by atoms with E-state index in [-0.39, 0.29) is 5.60 Å². The van der Waals surface area contributed by atoms with E-state index in [0.717, 1.165) is 32.0 Å². The van der Waals surface area contributed by atoms with Crippen LogP contribution in [0.4, 0.5) is 0 Å². The van der Waals surface area contributed by atoms with Gasteiger partial charge in [0.1, 0.15) is 0 Å². The Hall–Kier alpha value is -0.120. The van der Waals surface area contributed by atoms with Gasteiger partial charge in [-0.15, -0.1) is 0 Å². The Morgan fingerprint density at radius 3 is 2.35 bits per heavy atom. The molecule has 0 radical (unpaired) electrons. The molecule has 1 saturated carbocycles. The summed E-state index contributed by atoms with van der Waals surface area (Å²) in [5.74, 6) is 0.929. The molecule has 2 N–H and O–H groups in total. The first-order valence-electron chi connectivity index (χ1n) is 7.23. The second kappa shape index (κ2) is 6.17. The third kappa shape index (κ3) is 3.43. The molecule has 3 heteroatoms. The van der Waals surface area contributed by atoms with E-state index in [2.05, 4.69) is 6.92 Å². The zero-order valence-electron chi connectivity index (χ0n) is 11.1. The largest absolute Gasteiger partial charge is 0.381 e. The van der Waals surface area contributed by atoms with Gasteiger partial charge in [-0.05, 0) is 31.6 Å². The highest BCUT2D eigenvalue weighted by atomic mass is 16.5. The summed E-state index contributed by atoms with van der Waals surface area (Å²) >= 11 is 0. The first kappa shape index (κ1) is 13.3. The second-order valence-electron chi connectivity index (χ2n) is 5.67. The zero-order valence-corrected chi connectivity index (χ0v) is 11.1. The minimum atomic E-state index is -0.0814. The lowest BCUT2D eigenvalue weighted by Gasteiger charge is -2.41.